The van der Waals surface area contributed by atoms with Crippen molar-refractivity contribution < 1.29 is 9.13 Å². The molecule has 0 fully saturated rings. The molecule has 2 N–H and O–H groups in total. The van der Waals surface area contributed by atoms with Gasteiger partial charge in [0.1, 0.15) is 11.9 Å². The summed E-state index contributed by atoms with van der Waals surface area (Å²) in [6.45, 7) is 0.870. The lowest BCUT2D eigenvalue weighted by molar-refractivity contribution is 0.124. The van der Waals surface area contributed by atoms with Gasteiger partial charge in [-0.1, -0.05) is 24.3 Å². The van der Waals surface area contributed by atoms with Crippen molar-refractivity contribution in [3.05, 3.63) is 65.0 Å². The van der Waals surface area contributed by atoms with Gasteiger partial charge in [-0.3, -0.25) is 0 Å². The summed E-state index contributed by atoms with van der Waals surface area (Å²) >= 11 is 0. The van der Waals surface area contributed by atoms with Gasteiger partial charge in [-0.05, 0) is 35.7 Å². The number of hydrogen-bond acceptors (Lipinski definition) is 3. The standard InChI is InChI=1S/C16H15FN2O/c17-15-6-5-12(9-14(15)10-18)11-20-8-7-13-3-1-2-4-16(13)19/h1-6,9H,7-8,11,19H2. The van der Waals surface area contributed by atoms with Crippen LogP contribution in [-0.4, -0.2) is 6.61 Å². The Kier molecular flexibility index (Phi) is 4.70. The molecule has 2 aromatic carbocycles. The molecule has 0 aliphatic rings. The highest BCUT2D eigenvalue weighted by molar-refractivity contribution is 5.46. The van der Waals surface area contributed by atoms with E-state index in [0.29, 0.717) is 13.2 Å². The lowest BCUT2D eigenvalue weighted by Crippen LogP contribution is -2.02. The van der Waals surface area contributed by atoms with E-state index in [1.165, 1.54) is 12.1 Å². The highest BCUT2D eigenvalue weighted by atomic mass is 19.1. The lowest BCUT2D eigenvalue weighted by Gasteiger charge is -2.07. The summed E-state index contributed by atoms with van der Waals surface area (Å²) in [6.07, 6.45) is 0.721. The average Bonchev–Trinajstić information content (AvgIpc) is 2.47. The molecule has 0 amide bonds. The number of halogens is 1. The summed E-state index contributed by atoms with van der Waals surface area (Å²) < 4.78 is 18.7. The Morgan fingerprint density at radius 3 is 2.75 bits per heavy atom. The van der Waals surface area contributed by atoms with Crippen molar-refractivity contribution >= 4 is 5.69 Å². The number of benzene rings is 2. The normalized spacial score (nSPS) is 10.2. The number of nitrogens with two attached hydrogens (primary N) is 1. The number of anilines is 1. The van der Waals surface area contributed by atoms with Crippen LogP contribution in [0, 0.1) is 17.1 Å². The minimum Gasteiger partial charge on any atom is -0.399 e. The minimum atomic E-state index is -0.506. The third kappa shape index (κ3) is 3.56. The maximum atomic E-state index is 13.1. The van der Waals surface area contributed by atoms with E-state index in [9.17, 15) is 4.39 Å². The Morgan fingerprint density at radius 2 is 2.00 bits per heavy atom. The van der Waals surface area contributed by atoms with Crippen LogP contribution in [0.25, 0.3) is 0 Å². The van der Waals surface area contributed by atoms with Crippen molar-refractivity contribution in [2.75, 3.05) is 12.3 Å². The van der Waals surface area contributed by atoms with E-state index in [-0.39, 0.29) is 5.56 Å². The molecule has 0 bridgehead atoms. The first-order valence-corrected chi connectivity index (χ1v) is 6.30. The Morgan fingerprint density at radius 1 is 1.20 bits per heavy atom. The van der Waals surface area contributed by atoms with Gasteiger partial charge in [0.15, 0.2) is 0 Å². The van der Waals surface area contributed by atoms with Gasteiger partial charge in [0.05, 0.1) is 18.8 Å². The Bertz CT molecular complexity index is 635. The number of nitrogen functional groups attached to an aromatic ring is 1. The smallest absolute Gasteiger partial charge is 0.140 e. The van der Waals surface area contributed by atoms with E-state index in [0.717, 1.165) is 23.2 Å². The number of ether oxygens (including phenoxy) is 1. The van der Waals surface area contributed by atoms with Crippen LogP contribution in [0.15, 0.2) is 42.5 Å². The molecule has 3 nitrogen and oxygen atoms in total. The fraction of sp³-hybridized carbons (Fsp3) is 0.188. The molecular formula is C16H15FN2O. The van der Waals surface area contributed by atoms with E-state index in [1.807, 2.05) is 30.3 Å². The maximum absolute atomic E-state index is 13.1. The summed E-state index contributed by atoms with van der Waals surface area (Å²) in [5.74, 6) is -0.506. The summed E-state index contributed by atoms with van der Waals surface area (Å²) in [5, 5.41) is 8.75. The molecule has 0 heterocycles. The summed E-state index contributed by atoms with van der Waals surface area (Å²) in [6, 6.07) is 13.9. The zero-order chi connectivity index (χ0) is 14.4. The van der Waals surface area contributed by atoms with Crippen LogP contribution in [0.2, 0.25) is 0 Å². The second-order valence-electron chi connectivity index (χ2n) is 4.43. The van der Waals surface area contributed by atoms with Gasteiger partial charge < -0.3 is 10.5 Å². The second-order valence-corrected chi connectivity index (χ2v) is 4.43. The van der Waals surface area contributed by atoms with E-state index in [2.05, 4.69) is 0 Å². The van der Waals surface area contributed by atoms with Crippen LogP contribution in [0.3, 0.4) is 0 Å². The molecule has 0 spiro atoms. The Hall–Kier alpha value is -2.38. The summed E-state index contributed by atoms with van der Waals surface area (Å²) in [4.78, 5) is 0. The number of rotatable bonds is 5. The van der Waals surface area contributed by atoms with Gasteiger partial charge >= 0.3 is 0 Å². The molecule has 0 saturated carbocycles. The molecule has 0 aliphatic carbocycles. The predicted molar refractivity (Wildman–Crippen MR) is 75.3 cm³/mol. The number of para-hydroxylation sites is 1. The van der Waals surface area contributed by atoms with E-state index >= 15 is 0 Å². The predicted octanol–water partition coefficient (Wildman–Crippen LogP) is 3.04. The first-order chi connectivity index (χ1) is 9.70. The highest BCUT2D eigenvalue weighted by Crippen LogP contribution is 2.13. The molecule has 2 aromatic rings. The topological polar surface area (TPSA) is 59.0 Å². The van der Waals surface area contributed by atoms with Crippen LogP contribution in [0.1, 0.15) is 16.7 Å². The van der Waals surface area contributed by atoms with Crippen LogP contribution >= 0.6 is 0 Å². The minimum absolute atomic E-state index is 0.0402. The number of nitriles is 1. The van der Waals surface area contributed by atoms with E-state index in [4.69, 9.17) is 15.7 Å². The molecule has 0 aromatic heterocycles. The number of nitrogens with zero attached hydrogens (tertiary/aromatic N) is 1. The Labute approximate surface area is 117 Å². The highest BCUT2D eigenvalue weighted by Gasteiger charge is 2.03. The SMILES string of the molecule is N#Cc1cc(COCCc2ccccc2N)ccc1F. The zero-order valence-electron chi connectivity index (χ0n) is 11.0. The molecule has 0 radical (unpaired) electrons. The van der Waals surface area contributed by atoms with Crippen molar-refractivity contribution in [3.63, 3.8) is 0 Å². The molecule has 0 aliphatic heterocycles. The van der Waals surface area contributed by atoms with Crippen molar-refractivity contribution in [1.82, 2.24) is 0 Å². The molecule has 0 unspecified atom stereocenters. The fourth-order valence-electron chi connectivity index (χ4n) is 1.88. The lowest BCUT2D eigenvalue weighted by atomic mass is 10.1. The van der Waals surface area contributed by atoms with Gasteiger partial charge in [0.25, 0.3) is 0 Å². The van der Waals surface area contributed by atoms with Crippen molar-refractivity contribution in [3.8, 4) is 6.07 Å². The van der Waals surface area contributed by atoms with Crippen LogP contribution in [-0.2, 0) is 17.8 Å². The zero-order valence-corrected chi connectivity index (χ0v) is 11.0. The summed E-state index contributed by atoms with van der Waals surface area (Å²) in [5.41, 5.74) is 8.46. The maximum Gasteiger partial charge on any atom is 0.140 e. The van der Waals surface area contributed by atoms with Crippen molar-refractivity contribution in [1.29, 1.82) is 5.26 Å². The molecule has 4 heteroatoms. The average molecular weight is 270 g/mol. The van der Waals surface area contributed by atoms with E-state index < -0.39 is 5.82 Å². The molecule has 20 heavy (non-hydrogen) atoms. The summed E-state index contributed by atoms with van der Waals surface area (Å²) in [7, 11) is 0. The molecule has 0 saturated heterocycles. The first-order valence-electron chi connectivity index (χ1n) is 6.30. The second kappa shape index (κ2) is 6.69. The van der Waals surface area contributed by atoms with Gasteiger partial charge in [-0.25, -0.2) is 4.39 Å². The molecular weight excluding hydrogens is 255 g/mol. The van der Waals surface area contributed by atoms with Crippen molar-refractivity contribution in [2.24, 2.45) is 0 Å². The molecule has 0 atom stereocenters. The van der Waals surface area contributed by atoms with Crippen molar-refractivity contribution in [2.45, 2.75) is 13.0 Å². The third-order valence-corrected chi connectivity index (χ3v) is 2.99. The van der Waals surface area contributed by atoms with Gasteiger partial charge in [-0.15, -0.1) is 0 Å². The Balaban J connectivity index is 1.85. The van der Waals surface area contributed by atoms with Gasteiger partial charge in [0.2, 0.25) is 0 Å². The fourth-order valence-corrected chi connectivity index (χ4v) is 1.88. The largest absolute Gasteiger partial charge is 0.399 e. The van der Waals surface area contributed by atoms with Crippen LogP contribution < -0.4 is 5.73 Å². The van der Waals surface area contributed by atoms with Gasteiger partial charge in [0, 0.05) is 5.69 Å². The van der Waals surface area contributed by atoms with Gasteiger partial charge in [-0.2, -0.15) is 5.26 Å². The molecule has 102 valence electrons. The monoisotopic (exact) mass is 270 g/mol. The first kappa shape index (κ1) is 14.0. The third-order valence-electron chi connectivity index (χ3n) is 2.99. The number of hydrogen-bond donors (Lipinski definition) is 1. The molecule has 2 rings (SSSR count). The van der Waals surface area contributed by atoms with Crippen LogP contribution in [0.4, 0.5) is 10.1 Å². The quantitative estimate of drug-likeness (QED) is 0.671. The van der Waals surface area contributed by atoms with Crippen LogP contribution in [0.5, 0.6) is 0 Å². The van der Waals surface area contributed by atoms with E-state index in [1.54, 1.807) is 6.07 Å².